The van der Waals surface area contributed by atoms with Gasteiger partial charge >= 0.3 is 0 Å². The molecule has 3 aromatic carbocycles. The first-order valence-corrected chi connectivity index (χ1v) is 9.24. The molecule has 3 rings (SSSR count). The maximum Gasteiger partial charge on any atom is 0.157 e. The molecule has 0 heterocycles. The number of allylic oxidation sites excluding steroid dienone is 1. The highest BCUT2D eigenvalue weighted by molar-refractivity contribution is 6.37. The summed E-state index contributed by atoms with van der Waals surface area (Å²) < 4.78 is 5.77. The topological polar surface area (TPSA) is 33.0 Å². The predicted molar refractivity (Wildman–Crippen MR) is 112 cm³/mol. The number of hydrogen-bond acceptors (Lipinski definition) is 2. The molecule has 0 aliphatic carbocycles. The zero-order chi connectivity index (χ0) is 19.2. The van der Waals surface area contributed by atoms with Crippen LogP contribution in [-0.4, -0.2) is 0 Å². The van der Waals surface area contributed by atoms with Crippen molar-refractivity contribution in [2.45, 2.75) is 6.61 Å². The first-order valence-electron chi connectivity index (χ1n) is 8.11. The van der Waals surface area contributed by atoms with E-state index in [1.807, 2.05) is 42.5 Å². The Morgan fingerprint density at radius 3 is 2.15 bits per heavy atom. The minimum Gasteiger partial charge on any atom is -0.486 e. The normalized spacial score (nSPS) is 11.1. The summed E-state index contributed by atoms with van der Waals surface area (Å²) >= 11 is 18.9. The minimum atomic E-state index is 0.360. The molecule has 5 heteroatoms. The molecule has 0 saturated heterocycles. The molecule has 0 spiro atoms. The number of benzene rings is 3. The van der Waals surface area contributed by atoms with Crippen LogP contribution in [0.3, 0.4) is 0 Å². The third kappa shape index (κ3) is 4.84. The van der Waals surface area contributed by atoms with E-state index in [2.05, 4.69) is 6.07 Å². The lowest BCUT2D eigenvalue weighted by Gasteiger charge is -2.11. The van der Waals surface area contributed by atoms with Gasteiger partial charge in [-0.15, -0.1) is 0 Å². The fraction of sp³-hybridized carbons (Fsp3) is 0.0455. The van der Waals surface area contributed by atoms with Gasteiger partial charge in [-0.1, -0.05) is 83.3 Å². The Bertz CT molecular complexity index is 1000. The first kappa shape index (κ1) is 19.3. The van der Waals surface area contributed by atoms with Crippen molar-refractivity contribution in [3.8, 4) is 11.8 Å². The molecule has 0 radical (unpaired) electrons. The number of ether oxygens (including phenoxy) is 1. The van der Waals surface area contributed by atoms with Crippen LogP contribution in [0.5, 0.6) is 5.75 Å². The summed E-state index contributed by atoms with van der Waals surface area (Å²) in [7, 11) is 0. The van der Waals surface area contributed by atoms with Crippen LogP contribution < -0.4 is 4.74 Å². The lowest BCUT2D eigenvalue weighted by molar-refractivity contribution is 0.306. The SMILES string of the molecule is N#CC(=Cc1cc(Cl)c(OCc2ccccc2)c(Cl)c1)c1ccccc1Cl. The maximum atomic E-state index is 9.50. The number of rotatable bonds is 5. The van der Waals surface area contributed by atoms with Crippen LogP contribution in [0.1, 0.15) is 16.7 Å². The molecule has 0 fully saturated rings. The molecular formula is C22H14Cl3NO. The Hall–Kier alpha value is -2.44. The van der Waals surface area contributed by atoms with E-state index in [0.717, 1.165) is 5.56 Å². The van der Waals surface area contributed by atoms with Gasteiger partial charge in [-0.25, -0.2) is 0 Å². The van der Waals surface area contributed by atoms with E-state index in [4.69, 9.17) is 39.5 Å². The standard InChI is InChI=1S/C22H14Cl3NO/c23-19-9-5-4-8-18(19)17(13-26)10-16-11-20(24)22(21(25)12-16)27-14-15-6-2-1-3-7-15/h1-12H,14H2. The van der Waals surface area contributed by atoms with Crippen molar-refractivity contribution in [2.75, 3.05) is 0 Å². The van der Waals surface area contributed by atoms with E-state index < -0.39 is 0 Å². The Morgan fingerprint density at radius 1 is 0.889 bits per heavy atom. The van der Waals surface area contributed by atoms with E-state index in [-0.39, 0.29) is 0 Å². The van der Waals surface area contributed by atoms with Crippen molar-refractivity contribution in [2.24, 2.45) is 0 Å². The largest absolute Gasteiger partial charge is 0.486 e. The number of nitriles is 1. The zero-order valence-corrected chi connectivity index (χ0v) is 16.4. The summed E-state index contributed by atoms with van der Waals surface area (Å²) in [6.07, 6.45) is 1.69. The van der Waals surface area contributed by atoms with E-state index in [1.54, 1.807) is 30.3 Å². The van der Waals surface area contributed by atoms with Crippen molar-refractivity contribution >= 4 is 46.5 Å². The molecule has 0 bridgehead atoms. The average molecular weight is 415 g/mol. The lowest BCUT2D eigenvalue weighted by Crippen LogP contribution is -1.96. The molecule has 0 saturated carbocycles. The van der Waals surface area contributed by atoms with Gasteiger partial charge in [0.05, 0.1) is 21.7 Å². The number of hydrogen-bond donors (Lipinski definition) is 0. The second-order valence-corrected chi connectivity index (χ2v) is 6.96. The summed E-state index contributed by atoms with van der Waals surface area (Å²) in [5.74, 6) is 0.413. The van der Waals surface area contributed by atoms with Crippen LogP contribution in [0.2, 0.25) is 15.1 Å². The number of halogens is 3. The molecule has 134 valence electrons. The summed E-state index contributed by atoms with van der Waals surface area (Å²) in [4.78, 5) is 0. The van der Waals surface area contributed by atoms with E-state index >= 15 is 0 Å². The highest BCUT2D eigenvalue weighted by Crippen LogP contribution is 2.36. The summed E-state index contributed by atoms with van der Waals surface area (Å²) in [5, 5.41) is 10.8. The molecule has 0 unspecified atom stereocenters. The monoisotopic (exact) mass is 413 g/mol. The molecule has 2 nitrogen and oxygen atoms in total. The van der Waals surface area contributed by atoms with Gasteiger partial charge in [-0.3, -0.25) is 0 Å². The smallest absolute Gasteiger partial charge is 0.157 e. The van der Waals surface area contributed by atoms with Crippen LogP contribution in [0.25, 0.3) is 11.6 Å². The van der Waals surface area contributed by atoms with Gasteiger partial charge in [0.2, 0.25) is 0 Å². The molecule has 0 N–H and O–H groups in total. The van der Waals surface area contributed by atoms with Crippen molar-refractivity contribution in [3.63, 3.8) is 0 Å². The van der Waals surface area contributed by atoms with Crippen LogP contribution in [0.4, 0.5) is 0 Å². The molecule has 27 heavy (non-hydrogen) atoms. The molecular weight excluding hydrogens is 401 g/mol. The van der Waals surface area contributed by atoms with Gasteiger partial charge in [0.1, 0.15) is 6.61 Å². The van der Waals surface area contributed by atoms with Gasteiger partial charge in [0.15, 0.2) is 5.75 Å². The Morgan fingerprint density at radius 2 is 1.52 bits per heavy atom. The van der Waals surface area contributed by atoms with Crippen molar-refractivity contribution in [3.05, 3.63) is 98.5 Å². The molecule has 0 aromatic heterocycles. The van der Waals surface area contributed by atoms with Crippen molar-refractivity contribution < 1.29 is 4.74 Å². The predicted octanol–water partition coefficient (Wildman–Crippen LogP) is 7.29. The maximum absolute atomic E-state index is 9.50. The van der Waals surface area contributed by atoms with Crippen molar-refractivity contribution in [1.82, 2.24) is 0 Å². The Labute approximate surface area is 173 Å². The minimum absolute atomic E-state index is 0.360. The van der Waals surface area contributed by atoms with Crippen LogP contribution in [-0.2, 0) is 6.61 Å². The second-order valence-electron chi connectivity index (χ2n) is 5.74. The molecule has 0 amide bonds. The van der Waals surface area contributed by atoms with Crippen molar-refractivity contribution in [1.29, 1.82) is 5.26 Å². The van der Waals surface area contributed by atoms with E-state index in [1.165, 1.54) is 0 Å². The van der Waals surface area contributed by atoms with Gasteiger partial charge in [-0.2, -0.15) is 5.26 Å². The van der Waals surface area contributed by atoms with Gasteiger partial charge in [0, 0.05) is 10.6 Å². The Kier molecular flexibility index (Phi) is 6.42. The second kappa shape index (κ2) is 8.97. The summed E-state index contributed by atoms with van der Waals surface area (Å²) in [6.45, 7) is 0.360. The third-order valence-electron chi connectivity index (χ3n) is 3.84. The first-order chi connectivity index (χ1) is 13.1. The fourth-order valence-electron chi connectivity index (χ4n) is 2.55. The molecule has 0 aliphatic rings. The van der Waals surface area contributed by atoms with Gasteiger partial charge < -0.3 is 4.74 Å². The van der Waals surface area contributed by atoms with Gasteiger partial charge in [-0.05, 0) is 35.4 Å². The quantitative estimate of drug-likeness (QED) is 0.324. The summed E-state index contributed by atoms with van der Waals surface area (Å²) in [6, 6.07) is 22.5. The van der Waals surface area contributed by atoms with Crippen LogP contribution in [0, 0.1) is 11.3 Å². The highest BCUT2D eigenvalue weighted by atomic mass is 35.5. The fourth-order valence-corrected chi connectivity index (χ4v) is 3.40. The third-order valence-corrected chi connectivity index (χ3v) is 4.73. The van der Waals surface area contributed by atoms with Crippen LogP contribution >= 0.6 is 34.8 Å². The molecule has 0 atom stereocenters. The zero-order valence-electron chi connectivity index (χ0n) is 14.1. The van der Waals surface area contributed by atoms with Crippen LogP contribution in [0.15, 0.2) is 66.7 Å². The van der Waals surface area contributed by atoms with Gasteiger partial charge in [0.25, 0.3) is 0 Å². The lowest BCUT2D eigenvalue weighted by atomic mass is 10.0. The Balaban J connectivity index is 1.88. The van der Waals surface area contributed by atoms with E-state index in [0.29, 0.717) is 44.1 Å². The number of nitrogens with zero attached hydrogens (tertiary/aromatic N) is 1. The molecule has 3 aromatic rings. The summed E-state index contributed by atoms with van der Waals surface area (Å²) in [5.41, 5.74) is 2.77. The average Bonchev–Trinajstić information content (AvgIpc) is 2.67. The van der Waals surface area contributed by atoms with E-state index in [9.17, 15) is 5.26 Å². The highest BCUT2D eigenvalue weighted by Gasteiger charge is 2.11. The molecule has 0 aliphatic heterocycles.